The second-order valence-electron chi connectivity index (χ2n) is 9.17. The van der Waals surface area contributed by atoms with Gasteiger partial charge in [-0.3, -0.25) is 14.9 Å². The van der Waals surface area contributed by atoms with Gasteiger partial charge < -0.3 is 4.90 Å². The molecule has 0 unspecified atom stereocenters. The molecular weight excluding hydrogens is 418 g/mol. The normalized spacial score (nSPS) is 25.8. The van der Waals surface area contributed by atoms with Crippen LogP contribution in [0.25, 0.3) is 0 Å². The fourth-order valence-corrected chi connectivity index (χ4v) is 7.31. The Hall–Kier alpha value is -2.00. The van der Waals surface area contributed by atoms with Crippen molar-refractivity contribution in [2.75, 3.05) is 19.6 Å². The summed E-state index contributed by atoms with van der Waals surface area (Å²) in [4.78, 5) is 25.9. The average Bonchev–Trinajstić information content (AvgIpc) is 2.78. The van der Waals surface area contributed by atoms with Gasteiger partial charge >= 0.3 is 0 Å². The predicted molar refractivity (Wildman–Crippen MR) is 116 cm³/mol. The number of benzene rings is 1. The lowest BCUT2D eigenvalue weighted by atomic mass is 9.77. The fraction of sp³-hybridized carbons (Fsp3) is 0.682. The number of piperidine rings is 2. The van der Waals surface area contributed by atoms with Crippen LogP contribution in [0.4, 0.5) is 5.69 Å². The Bertz CT molecular complexity index is 954. The van der Waals surface area contributed by atoms with Gasteiger partial charge in [-0.1, -0.05) is 18.9 Å². The molecule has 170 valence electrons. The van der Waals surface area contributed by atoms with Gasteiger partial charge in [0.05, 0.1) is 9.82 Å². The van der Waals surface area contributed by atoms with Gasteiger partial charge in [-0.25, -0.2) is 8.42 Å². The van der Waals surface area contributed by atoms with Crippen molar-refractivity contribution in [3.63, 3.8) is 0 Å². The Kier molecular flexibility index (Phi) is 6.35. The van der Waals surface area contributed by atoms with Gasteiger partial charge in [0.15, 0.2) is 0 Å². The highest BCUT2D eigenvalue weighted by Gasteiger charge is 2.40. The lowest BCUT2D eigenvalue weighted by Gasteiger charge is -2.46. The van der Waals surface area contributed by atoms with E-state index in [1.54, 1.807) is 6.92 Å². The summed E-state index contributed by atoms with van der Waals surface area (Å²) >= 11 is 0. The monoisotopic (exact) mass is 449 g/mol. The molecule has 1 aromatic rings. The number of nitro benzene ring substituents is 1. The molecule has 2 aliphatic heterocycles. The van der Waals surface area contributed by atoms with Gasteiger partial charge in [0.1, 0.15) is 0 Å². The molecule has 2 saturated heterocycles. The first-order valence-electron chi connectivity index (χ1n) is 11.3. The predicted octanol–water partition coefficient (Wildman–Crippen LogP) is 3.49. The first-order chi connectivity index (χ1) is 14.8. The molecule has 1 saturated carbocycles. The van der Waals surface area contributed by atoms with Crippen LogP contribution in [0.15, 0.2) is 23.1 Å². The van der Waals surface area contributed by atoms with Crippen molar-refractivity contribution < 1.29 is 18.1 Å². The summed E-state index contributed by atoms with van der Waals surface area (Å²) in [6, 6.07) is 4.29. The maximum atomic E-state index is 13.3. The Morgan fingerprint density at radius 2 is 1.71 bits per heavy atom. The zero-order valence-electron chi connectivity index (χ0n) is 18.0. The lowest BCUT2D eigenvalue weighted by molar-refractivity contribution is -0.385. The molecule has 3 aliphatic rings. The van der Waals surface area contributed by atoms with Crippen LogP contribution in [-0.2, 0) is 14.8 Å². The zero-order valence-corrected chi connectivity index (χ0v) is 18.8. The molecule has 1 aliphatic carbocycles. The summed E-state index contributed by atoms with van der Waals surface area (Å²) in [5.74, 6) is 0.683. The molecule has 0 spiro atoms. The molecule has 0 bridgehead atoms. The van der Waals surface area contributed by atoms with Gasteiger partial charge in [0.2, 0.25) is 15.9 Å². The number of non-ortho nitro benzene ring substituents is 1. The van der Waals surface area contributed by atoms with Crippen molar-refractivity contribution >= 4 is 21.6 Å². The van der Waals surface area contributed by atoms with Gasteiger partial charge in [0, 0.05) is 43.7 Å². The number of fused-ring (bicyclic) bond motifs is 1. The molecule has 0 N–H and O–H groups in total. The number of hydrogen-bond donors (Lipinski definition) is 0. The summed E-state index contributed by atoms with van der Waals surface area (Å²) in [5, 5.41) is 11.1. The summed E-state index contributed by atoms with van der Waals surface area (Å²) in [7, 11) is -3.84. The molecule has 4 rings (SSSR count). The molecule has 2 atom stereocenters. The molecule has 1 aromatic carbocycles. The minimum Gasteiger partial charge on any atom is -0.339 e. The standard InChI is InChI=1S/C22H31N3O5S/c1-16-8-9-19(25(27)28)15-21(16)31(29,30)23-13-10-18(11-14-23)22(26)24-12-4-6-17-5-2-3-7-20(17)24/h8-9,15,17-18,20H,2-7,10-14H2,1H3/t17-,20-/m0/s1. The highest BCUT2D eigenvalue weighted by Crippen LogP contribution is 2.37. The molecule has 31 heavy (non-hydrogen) atoms. The van der Waals surface area contributed by atoms with Crippen LogP contribution in [-0.4, -0.2) is 54.1 Å². The highest BCUT2D eigenvalue weighted by atomic mass is 32.2. The van der Waals surface area contributed by atoms with Crippen LogP contribution in [0, 0.1) is 28.9 Å². The van der Waals surface area contributed by atoms with Crippen LogP contribution in [0.2, 0.25) is 0 Å². The quantitative estimate of drug-likeness (QED) is 0.517. The molecule has 0 aromatic heterocycles. The zero-order chi connectivity index (χ0) is 22.2. The summed E-state index contributed by atoms with van der Waals surface area (Å²) < 4.78 is 27.7. The van der Waals surface area contributed by atoms with E-state index in [-0.39, 0.29) is 35.5 Å². The van der Waals surface area contributed by atoms with Crippen molar-refractivity contribution in [3.8, 4) is 0 Å². The molecule has 2 heterocycles. The largest absolute Gasteiger partial charge is 0.339 e. The first-order valence-corrected chi connectivity index (χ1v) is 12.8. The topological polar surface area (TPSA) is 101 Å². The van der Waals surface area contributed by atoms with E-state index in [0.717, 1.165) is 25.5 Å². The van der Waals surface area contributed by atoms with E-state index in [1.807, 2.05) is 0 Å². The average molecular weight is 450 g/mol. The highest BCUT2D eigenvalue weighted by molar-refractivity contribution is 7.89. The maximum absolute atomic E-state index is 13.3. The maximum Gasteiger partial charge on any atom is 0.270 e. The number of amides is 1. The van der Waals surface area contributed by atoms with E-state index >= 15 is 0 Å². The van der Waals surface area contributed by atoms with E-state index < -0.39 is 14.9 Å². The van der Waals surface area contributed by atoms with E-state index in [9.17, 15) is 23.3 Å². The Morgan fingerprint density at radius 1 is 1.03 bits per heavy atom. The van der Waals surface area contributed by atoms with Crippen LogP contribution in [0.5, 0.6) is 0 Å². The second-order valence-corrected chi connectivity index (χ2v) is 11.1. The SMILES string of the molecule is Cc1ccc([N+](=O)[O-])cc1S(=O)(=O)N1CCC(C(=O)N2CCC[C@@H]3CCCC[C@@H]32)CC1. The third-order valence-electron chi connectivity index (χ3n) is 7.33. The Labute approximate surface area is 183 Å². The van der Waals surface area contributed by atoms with Crippen LogP contribution in [0.1, 0.15) is 56.9 Å². The third kappa shape index (κ3) is 4.35. The summed E-state index contributed by atoms with van der Waals surface area (Å²) in [6.45, 7) is 3.00. The van der Waals surface area contributed by atoms with E-state index in [2.05, 4.69) is 4.90 Å². The van der Waals surface area contributed by atoms with Crippen LogP contribution < -0.4 is 0 Å². The Morgan fingerprint density at radius 3 is 2.42 bits per heavy atom. The number of sulfonamides is 1. The number of rotatable bonds is 4. The van der Waals surface area contributed by atoms with Crippen molar-refractivity contribution in [3.05, 3.63) is 33.9 Å². The number of carbonyl (C=O) groups is 1. The number of nitrogens with zero attached hydrogens (tertiary/aromatic N) is 3. The molecule has 0 radical (unpaired) electrons. The minimum absolute atomic E-state index is 0.0208. The fourth-order valence-electron chi connectivity index (χ4n) is 5.60. The van der Waals surface area contributed by atoms with E-state index in [4.69, 9.17) is 0 Å². The van der Waals surface area contributed by atoms with Crippen LogP contribution >= 0.6 is 0 Å². The minimum atomic E-state index is -3.84. The molecule has 8 nitrogen and oxygen atoms in total. The van der Waals surface area contributed by atoms with E-state index in [0.29, 0.717) is 30.4 Å². The number of hydrogen-bond acceptors (Lipinski definition) is 5. The number of likely N-dealkylation sites (tertiary alicyclic amines) is 1. The molecular formula is C22H31N3O5S. The van der Waals surface area contributed by atoms with Crippen molar-refractivity contribution in [2.45, 2.75) is 69.2 Å². The second kappa shape index (κ2) is 8.86. The summed E-state index contributed by atoms with van der Waals surface area (Å²) in [6.07, 6.45) is 8.03. The van der Waals surface area contributed by atoms with E-state index in [1.165, 1.54) is 42.1 Å². The van der Waals surface area contributed by atoms with Crippen molar-refractivity contribution in [1.82, 2.24) is 9.21 Å². The molecule has 1 amide bonds. The third-order valence-corrected chi connectivity index (χ3v) is 9.37. The van der Waals surface area contributed by atoms with Gasteiger partial charge in [-0.15, -0.1) is 0 Å². The van der Waals surface area contributed by atoms with Crippen molar-refractivity contribution in [2.24, 2.45) is 11.8 Å². The number of aryl methyl sites for hydroxylation is 1. The van der Waals surface area contributed by atoms with Gasteiger partial charge in [0.25, 0.3) is 5.69 Å². The van der Waals surface area contributed by atoms with Gasteiger partial charge in [-0.2, -0.15) is 4.31 Å². The molecule has 3 fully saturated rings. The van der Waals surface area contributed by atoms with Crippen molar-refractivity contribution in [1.29, 1.82) is 0 Å². The van der Waals surface area contributed by atoms with Crippen LogP contribution in [0.3, 0.4) is 0 Å². The first kappa shape index (κ1) is 22.2. The number of carbonyl (C=O) groups excluding carboxylic acids is 1. The molecule has 9 heteroatoms. The number of nitro groups is 1. The lowest BCUT2D eigenvalue weighted by Crippen LogP contribution is -2.53. The van der Waals surface area contributed by atoms with Gasteiger partial charge in [-0.05, 0) is 56.9 Å². The Balaban J connectivity index is 1.44. The summed E-state index contributed by atoms with van der Waals surface area (Å²) in [5.41, 5.74) is 0.252. The smallest absolute Gasteiger partial charge is 0.270 e.